The van der Waals surface area contributed by atoms with Crippen LogP contribution in [0.3, 0.4) is 0 Å². The normalized spacial score (nSPS) is 34.4. The van der Waals surface area contributed by atoms with Crippen LogP contribution in [0.25, 0.3) is 0 Å². The van der Waals surface area contributed by atoms with Gasteiger partial charge in [-0.3, -0.25) is 14.5 Å². The van der Waals surface area contributed by atoms with Gasteiger partial charge in [0.25, 0.3) is 5.97 Å². The number of piperidine rings is 1. The molecule has 2 fully saturated rings. The molecular weight excluding hydrogens is 238 g/mol. The Morgan fingerprint density at radius 1 is 1.22 bits per heavy atom. The maximum absolute atomic E-state index is 10.9. The van der Waals surface area contributed by atoms with E-state index in [0.717, 1.165) is 26.2 Å². The zero-order valence-electron chi connectivity index (χ0n) is 11.0. The summed E-state index contributed by atoms with van der Waals surface area (Å²) in [6.07, 6.45) is 2.18. The van der Waals surface area contributed by atoms with Gasteiger partial charge < -0.3 is 14.9 Å². The Kier molecular flexibility index (Phi) is 5.10. The number of nitrogens with zero attached hydrogens (tertiary/aromatic N) is 1. The monoisotopic (exact) mass is 259 g/mol. The van der Waals surface area contributed by atoms with E-state index < -0.39 is 5.97 Å². The summed E-state index contributed by atoms with van der Waals surface area (Å²) < 4.78 is 5.25. The molecule has 2 saturated heterocycles. The van der Waals surface area contributed by atoms with Crippen molar-refractivity contribution >= 4 is 11.9 Å². The first-order valence-corrected chi connectivity index (χ1v) is 6.08. The molecule has 0 aromatic rings. The van der Waals surface area contributed by atoms with Crippen LogP contribution in [-0.2, 0) is 14.3 Å². The molecule has 2 aliphatic heterocycles. The molecule has 2 bridgehead atoms. The molecule has 0 saturated carbocycles. The molecule has 18 heavy (non-hydrogen) atoms. The van der Waals surface area contributed by atoms with Gasteiger partial charge in [0.05, 0.1) is 6.10 Å². The Labute approximate surface area is 107 Å². The highest BCUT2D eigenvalue weighted by atomic mass is 16.5. The third kappa shape index (κ3) is 3.96. The minimum Gasteiger partial charge on any atom is -0.481 e. The SMILES string of the molecule is CC(=O)O.CC(=O)O[C@@H]1C[C@H]2C[C@@H](O)C[C@@H]1N2C. The molecule has 2 rings (SSSR count). The lowest BCUT2D eigenvalue weighted by molar-refractivity contribution is -0.147. The number of carboxylic acids is 1. The number of rotatable bonds is 1. The van der Waals surface area contributed by atoms with Crippen molar-refractivity contribution in [2.75, 3.05) is 7.05 Å². The Morgan fingerprint density at radius 3 is 2.28 bits per heavy atom. The summed E-state index contributed by atoms with van der Waals surface area (Å²) >= 11 is 0. The van der Waals surface area contributed by atoms with Crippen LogP contribution < -0.4 is 0 Å². The lowest BCUT2D eigenvalue weighted by Crippen LogP contribution is -2.44. The van der Waals surface area contributed by atoms with Crippen LogP contribution in [0.1, 0.15) is 33.1 Å². The van der Waals surface area contributed by atoms with Crippen molar-refractivity contribution in [3.05, 3.63) is 0 Å². The molecule has 0 radical (unpaired) electrons. The van der Waals surface area contributed by atoms with Crippen LogP contribution in [0.4, 0.5) is 0 Å². The lowest BCUT2D eigenvalue weighted by Gasteiger charge is -2.34. The molecule has 0 aromatic heterocycles. The number of hydrogen-bond donors (Lipinski definition) is 2. The Hall–Kier alpha value is -1.14. The van der Waals surface area contributed by atoms with Gasteiger partial charge in [0, 0.05) is 32.4 Å². The van der Waals surface area contributed by atoms with E-state index in [1.165, 1.54) is 6.92 Å². The summed E-state index contributed by atoms with van der Waals surface area (Å²) in [4.78, 5) is 22.1. The molecule has 0 aromatic carbocycles. The predicted molar refractivity (Wildman–Crippen MR) is 64.1 cm³/mol. The third-order valence-electron chi connectivity index (χ3n) is 3.41. The van der Waals surface area contributed by atoms with E-state index in [9.17, 15) is 9.90 Å². The maximum atomic E-state index is 10.9. The molecule has 2 aliphatic rings. The van der Waals surface area contributed by atoms with Gasteiger partial charge in [-0.2, -0.15) is 0 Å². The molecular formula is C12H21NO5. The van der Waals surface area contributed by atoms with Crippen LogP contribution in [0.2, 0.25) is 0 Å². The number of esters is 1. The Bertz CT molecular complexity index is 316. The summed E-state index contributed by atoms with van der Waals surface area (Å²) in [5.41, 5.74) is 0. The number of hydrogen-bond acceptors (Lipinski definition) is 5. The van der Waals surface area contributed by atoms with Crippen LogP contribution in [0.5, 0.6) is 0 Å². The molecule has 0 unspecified atom stereocenters. The summed E-state index contributed by atoms with van der Waals surface area (Å²) in [5.74, 6) is -1.05. The van der Waals surface area contributed by atoms with Crippen LogP contribution in [0, 0.1) is 0 Å². The topological polar surface area (TPSA) is 87.1 Å². The summed E-state index contributed by atoms with van der Waals surface area (Å²) in [6.45, 7) is 2.53. The fourth-order valence-corrected chi connectivity index (χ4v) is 2.73. The van der Waals surface area contributed by atoms with E-state index in [4.69, 9.17) is 14.6 Å². The van der Waals surface area contributed by atoms with E-state index in [0.29, 0.717) is 6.04 Å². The second-order valence-electron chi connectivity index (χ2n) is 4.91. The van der Waals surface area contributed by atoms with Gasteiger partial charge in [0.15, 0.2) is 0 Å². The number of aliphatic carboxylic acids is 1. The van der Waals surface area contributed by atoms with Crippen molar-refractivity contribution in [1.29, 1.82) is 0 Å². The first-order valence-electron chi connectivity index (χ1n) is 6.08. The number of likely N-dealkylation sites (N-methyl/N-ethyl adjacent to an activating group) is 1. The van der Waals surface area contributed by atoms with Crippen molar-refractivity contribution in [2.45, 2.75) is 57.4 Å². The Balaban J connectivity index is 0.000000357. The van der Waals surface area contributed by atoms with E-state index >= 15 is 0 Å². The molecule has 0 spiro atoms. The minimum atomic E-state index is -0.833. The van der Waals surface area contributed by atoms with Gasteiger partial charge in [0.2, 0.25) is 0 Å². The Morgan fingerprint density at radius 2 is 1.78 bits per heavy atom. The number of ether oxygens (including phenoxy) is 1. The van der Waals surface area contributed by atoms with Crippen LogP contribution in [0.15, 0.2) is 0 Å². The van der Waals surface area contributed by atoms with E-state index in [2.05, 4.69) is 4.90 Å². The van der Waals surface area contributed by atoms with E-state index in [-0.39, 0.29) is 24.2 Å². The number of carbonyl (C=O) groups is 2. The smallest absolute Gasteiger partial charge is 0.302 e. The molecule has 6 nitrogen and oxygen atoms in total. The molecule has 0 aliphatic carbocycles. The second-order valence-corrected chi connectivity index (χ2v) is 4.91. The quantitative estimate of drug-likeness (QED) is 0.656. The lowest BCUT2D eigenvalue weighted by atomic mass is 10.0. The number of aliphatic hydroxyl groups is 1. The van der Waals surface area contributed by atoms with Gasteiger partial charge in [-0.05, 0) is 19.9 Å². The molecule has 104 valence electrons. The fourth-order valence-electron chi connectivity index (χ4n) is 2.73. The highest BCUT2D eigenvalue weighted by molar-refractivity contribution is 5.66. The zero-order chi connectivity index (χ0) is 13.9. The fraction of sp³-hybridized carbons (Fsp3) is 0.833. The predicted octanol–water partition coefficient (Wildman–Crippen LogP) is 0.236. The van der Waals surface area contributed by atoms with E-state index in [1.54, 1.807) is 0 Å². The summed E-state index contributed by atoms with van der Waals surface area (Å²) in [5, 5.41) is 17.0. The molecule has 2 N–H and O–H groups in total. The molecule has 6 heteroatoms. The minimum absolute atomic E-state index is 0.0142. The van der Waals surface area contributed by atoms with Crippen molar-refractivity contribution in [3.63, 3.8) is 0 Å². The summed E-state index contributed by atoms with van der Waals surface area (Å²) in [6, 6.07) is 0.598. The molecule has 4 atom stereocenters. The van der Waals surface area contributed by atoms with Gasteiger partial charge in [0.1, 0.15) is 6.10 Å². The average molecular weight is 259 g/mol. The first kappa shape index (κ1) is 14.9. The van der Waals surface area contributed by atoms with Gasteiger partial charge in [-0.25, -0.2) is 0 Å². The van der Waals surface area contributed by atoms with Crippen molar-refractivity contribution in [2.24, 2.45) is 0 Å². The standard InChI is InChI=1S/C10H17NO3.C2H4O2/c1-6(12)14-10-4-7-3-8(13)5-9(10)11(7)2;1-2(3)4/h7-10,13H,3-5H2,1-2H3;1H3,(H,3,4)/t7-,8-,9+,10-;/m1./s1. The number of carboxylic acid groups (broad SMARTS) is 1. The first-order chi connectivity index (χ1) is 8.31. The third-order valence-corrected chi connectivity index (χ3v) is 3.41. The second kappa shape index (κ2) is 6.15. The molecule has 2 heterocycles. The van der Waals surface area contributed by atoms with Gasteiger partial charge in [-0.1, -0.05) is 0 Å². The van der Waals surface area contributed by atoms with Crippen molar-refractivity contribution in [1.82, 2.24) is 4.90 Å². The number of carbonyl (C=O) groups excluding carboxylic acids is 1. The van der Waals surface area contributed by atoms with Gasteiger partial charge >= 0.3 is 5.97 Å². The van der Waals surface area contributed by atoms with E-state index in [1.807, 2.05) is 7.05 Å². The largest absolute Gasteiger partial charge is 0.481 e. The average Bonchev–Trinajstić information content (AvgIpc) is 2.40. The van der Waals surface area contributed by atoms with Crippen LogP contribution >= 0.6 is 0 Å². The summed E-state index contributed by atoms with van der Waals surface area (Å²) in [7, 11) is 2.05. The van der Waals surface area contributed by atoms with Gasteiger partial charge in [-0.15, -0.1) is 0 Å². The number of aliphatic hydroxyl groups excluding tert-OH is 1. The van der Waals surface area contributed by atoms with Crippen molar-refractivity contribution < 1.29 is 24.5 Å². The molecule has 0 amide bonds. The zero-order valence-corrected chi connectivity index (χ0v) is 11.0. The van der Waals surface area contributed by atoms with Crippen LogP contribution in [-0.4, -0.2) is 58.4 Å². The van der Waals surface area contributed by atoms with Crippen molar-refractivity contribution in [3.8, 4) is 0 Å². The number of fused-ring (bicyclic) bond motifs is 2. The highest BCUT2D eigenvalue weighted by Crippen LogP contribution is 2.36. The highest BCUT2D eigenvalue weighted by Gasteiger charge is 2.45. The maximum Gasteiger partial charge on any atom is 0.302 e.